The number of aromatic nitrogens is 1. The van der Waals surface area contributed by atoms with Crippen molar-refractivity contribution < 1.29 is 19.1 Å². The number of hydrazine groups is 1. The van der Waals surface area contributed by atoms with Gasteiger partial charge in [-0.15, -0.1) is 0 Å². The first-order chi connectivity index (χ1) is 13.6. The van der Waals surface area contributed by atoms with Gasteiger partial charge in [0.05, 0.1) is 0 Å². The summed E-state index contributed by atoms with van der Waals surface area (Å²) in [6.07, 6.45) is 2.57. The Kier molecular flexibility index (Phi) is 6.56. The predicted octanol–water partition coefficient (Wildman–Crippen LogP) is 1.16. The topological polar surface area (TPSA) is 101 Å². The summed E-state index contributed by atoms with van der Waals surface area (Å²) in [7, 11) is 0. The van der Waals surface area contributed by atoms with Gasteiger partial charge < -0.3 is 9.64 Å². The van der Waals surface area contributed by atoms with Crippen molar-refractivity contribution in [2.75, 3.05) is 19.7 Å². The van der Waals surface area contributed by atoms with E-state index in [1.807, 2.05) is 18.2 Å². The number of ether oxygens (including phenoxy) is 1. The molecule has 146 valence electrons. The second kappa shape index (κ2) is 9.50. The number of hydrogen-bond acceptors (Lipinski definition) is 5. The van der Waals surface area contributed by atoms with Crippen LogP contribution < -0.4 is 15.6 Å². The van der Waals surface area contributed by atoms with Gasteiger partial charge in [-0.05, 0) is 37.1 Å². The number of para-hydroxylation sites is 1. The standard InChI is InChI=1S/C20H22N4O4/c25-18(14-28-16-6-2-1-3-7-16)24-12-9-15(10-13-24)19(26)22-23-20(27)17-8-4-5-11-21-17/h1-8,11,15H,9-10,12-14H2,(H,22,26)(H,23,27). The van der Waals surface area contributed by atoms with Crippen LogP contribution in [0.2, 0.25) is 0 Å². The molecule has 0 unspecified atom stereocenters. The van der Waals surface area contributed by atoms with Gasteiger partial charge in [0.15, 0.2) is 6.61 Å². The lowest BCUT2D eigenvalue weighted by atomic mass is 9.96. The van der Waals surface area contributed by atoms with Crippen LogP contribution in [-0.2, 0) is 9.59 Å². The largest absolute Gasteiger partial charge is 0.484 e. The molecule has 0 atom stereocenters. The Morgan fingerprint density at radius 3 is 2.39 bits per heavy atom. The van der Waals surface area contributed by atoms with Gasteiger partial charge in [-0.1, -0.05) is 24.3 Å². The van der Waals surface area contributed by atoms with Gasteiger partial charge >= 0.3 is 0 Å². The molecule has 1 aliphatic rings. The first-order valence-electron chi connectivity index (χ1n) is 9.10. The Balaban J connectivity index is 1.39. The van der Waals surface area contributed by atoms with Gasteiger partial charge in [0, 0.05) is 25.2 Å². The van der Waals surface area contributed by atoms with E-state index in [0.717, 1.165) is 0 Å². The Labute approximate surface area is 162 Å². The van der Waals surface area contributed by atoms with Crippen molar-refractivity contribution >= 4 is 17.7 Å². The summed E-state index contributed by atoms with van der Waals surface area (Å²) in [6, 6.07) is 14.1. The Bertz CT molecular complexity index is 805. The molecule has 0 bridgehead atoms. The molecule has 1 aromatic carbocycles. The zero-order valence-electron chi connectivity index (χ0n) is 15.3. The molecular formula is C20H22N4O4. The molecule has 0 spiro atoms. The second-order valence-electron chi connectivity index (χ2n) is 6.42. The van der Waals surface area contributed by atoms with E-state index in [-0.39, 0.29) is 30.0 Å². The number of likely N-dealkylation sites (tertiary alicyclic amines) is 1. The fourth-order valence-electron chi connectivity index (χ4n) is 2.93. The highest BCUT2D eigenvalue weighted by Gasteiger charge is 2.27. The fraction of sp³-hybridized carbons (Fsp3) is 0.300. The molecule has 3 rings (SSSR count). The van der Waals surface area contributed by atoms with E-state index >= 15 is 0 Å². The van der Waals surface area contributed by atoms with Crippen LogP contribution in [0.4, 0.5) is 0 Å². The minimum absolute atomic E-state index is 0.0268. The van der Waals surface area contributed by atoms with Crippen molar-refractivity contribution in [1.82, 2.24) is 20.7 Å². The molecule has 2 aromatic rings. The van der Waals surface area contributed by atoms with Gasteiger partial charge in [-0.2, -0.15) is 0 Å². The fourth-order valence-corrected chi connectivity index (χ4v) is 2.93. The SMILES string of the molecule is O=C(NNC(=O)C1CCN(C(=O)COc2ccccc2)CC1)c1ccccn1. The first kappa shape index (κ1) is 19.3. The third kappa shape index (κ3) is 5.29. The molecule has 0 aliphatic carbocycles. The van der Waals surface area contributed by atoms with Crippen LogP contribution in [0, 0.1) is 5.92 Å². The van der Waals surface area contributed by atoms with Crippen molar-refractivity contribution in [3.8, 4) is 5.75 Å². The van der Waals surface area contributed by atoms with Crippen molar-refractivity contribution in [3.63, 3.8) is 0 Å². The highest BCUT2D eigenvalue weighted by atomic mass is 16.5. The highest BCUT2D eigenvalue weighted by Crippen LogP contribution is 2.17. The molecule has 1 aromatic heterocycles. The van der Waals surface area contributed by atoms with Crippen LogP contribution in [-0.4, -0.2) is 47.3 Å². The minimum atomic E-state index is -0.473. The zero-order valence-corrected chi connectivity index (χ0v) is 15.3. The summed E-state index contributed by atoms with van der Waals surface area (Å²) in [5.41, 5.74) is 5.03. The summed E-state index contributed by atoms with van der Waals surface area (Å²) >= 11 is 0. The van der Waals surface area contributed by atoms with E-state index < -0.39 is 5.91 Å². The van der Waals surface area contributed by atoms with Gasteiger partial charge in [0.25, 0.3) is 11.8 Å². The lowest BCUT2D eigenvalue weighted by molar-refractivity contribution is -0.137. The van der Waals surface area contributed by atoms with Gasteiger partial charge in [0.1, 0.15) is 11.4 Å². The smallest absolute Gasteiger partial charge is 0.288 e. The average molecular weight is 382 g/mol. The average Bonchev–Trinajstić information content (AvgIpc) is 2.77. The molecule has 0 radical (unpaired) electrons. The number of nitrogens with one attached hydrogen (secondary N) is 2. The van der Waals surface area contributed by atoms with Gasteiger partial charge in [-0.25, -0.2) is 0 Å². The zero-order chi connectivity index (χ0) is 19.8. The predicted molar refractivity (Wildman–Crippen MR) is 101 cm³/mol. The van der Waals surface area contributed by atoms with Gasteiger partial charge in [0.2, 0.25) is 5.91 Å². The maximum absolute atomic E-state index is 12.3. The molecular weight excluding hydrogens is 360 g/mol. The van der Waals surface area contributed by atoms with E-state index in [1.165, 1.54) is 6.20 Å². The van der Waals surface area contributed by atoms with Crippen LogP contribution in [0.1, 0.15) is 23.3 Å². The quantitative estimate of drug-likeness (QED) is 0.756. The van der Waals surface area contributed by atoms with Crippen molar-refractivity contribution in [1.29, 1.82) is 0 Å². The number of pyridine rings is 1. The molecule has 3 amide bonds. The Morgan fingerprint density at radius 2 is 1.71 bits per heavy atom. The lowest BCUT2D eigenvalue weighted by Gasteiger charge is -2.31. The number of carbonyl (C=O) groups is 3. The van der Waals surface area contributed by atoms with E-state index in [1.54, 1.807) is 35.2 Å². The first-order valence-corrected chi connectivity index (χ1v) is 9.10. The third-order valence-corrected chi connectivity index (χ3v) is 4.52. The number of carbonyl (C=O) groups excluding carboxylic acids is 3. The minimum Gasteiger partial charge on any atom is -0.484 e. The highest BCUT2D eigenvalue weighted by molar-refractivity contribution is 5.93. The molecule has 2 N–H and O–H groups in total. The molecule has 1 saturated heterocycles. The third-order valence-electron chi connectivity index (χ3n) is 4.52. The number of benzene rings is 1. The van der Waals surface area contributed by atoms with Gasteiger partial charge in [-0.3, -0.25) is 30.2 Å². The van der Waals surface area contributed by atoms with Crippen LogP contribution in [0.3, 0.4) is 0 Å². The lowest BCUT2D eigenvalue weighted by Crippen LogP contribution is -2.48. The van der Waals surface area contributed by atoms with Crippen molar-refractivity contribution in [2.45, 2.75) is 12.8 Å². The summed E-state index contributed by atoms with van der Waals surface area (Å²) in [6.45, 7) is 0.924. The van der Waals surface area contributed by atoms with E-state index in [4.69, 9.17) is 4.74 Å². The summed E-state index contributed by atoms with van der Waals surface area (Å²) in [4.78, 5) is 42.0. The number of hydrogen-bond donors (Lipinski definition) is 2. The van der Waals surface area contributed by atoms with Crippen LogP contribution in [0.15, 0.2) is 54.7 Å². The summed E-state index contributed by atoms with van der Waals surface area (Å²) in [5, 5.41) is 0. The number of piperidine rings is 1. The molecule has 1 fully saturated rings. The second-order valence-corrected chi connectivity index (χ2v) is 6.42. The molecule has 2 heterocycles. The molecule has 1 aliphatic heterocycles. The number of nitrogens with zero attached hydrogens (tertiary/aromatic N) is 2. The summed E-state index contributed by atoms with van der Waals surface area (Å²) in [5.74, 6) is -0.459. The van der Waals surface area contributed by atoms with E-state index in [0.29, 0.717) is 31.7 Å². The molecule has 8 heteroatoms. The Morgan fingerprint density at radius 1 is 1.00 bits per heavy atom. The van der Waals surface area contributed by atoms with Crippen LogP contribution >= 0.6 is 0 Å². The van der Waals surface area contributed by atoms with Crippen molar-refractivity contribution in [2.24, 2.45) is 5.92 Å². The maximum atomic E-state index is 12.3. The molecule has 8 nitrogen and oxygen atoms in total. The van der Waals surface area contributed by atoms with Crippen molar-refractivity contribution in [3.05, 3.63) is 60.4 Å². The number of rotatable bonds is 5. The Hall–Kier alpha value is -3.42. The van der Waals surface area contributed by atoms with Crippen LogP contribution in [0.5, 0.6) is 5.75 Å². The molecule has 0 saturated carbocycles. The van der Waals surface area contributed by atoms with Crippen LogP contribution in [0.25, 0.3) is 0 Å². The maximum Gasteiger partial charge on any atom is 0.288 e. The normalized spacial score (nSPS) is 14.2. The molecule has 28 heavy (non-hydrogen) atoms. The number of amides is 3. The van der Waals surface area contributed by atoms with E-state index in [2.05, 4.69) is 15.8 Å². The monoisotopic (exact) mass is 382 g/mol. The van der Waals surface area contributed by atoms with E-state index in [9.17, 15) is 14.4 Å². The summed E-state index contributed by atoms with van der Waals surface area (Å²) < 4.78 is 5.48.